The lowest BCUT2D eigenvalue weighted by Crippen LogP contribution is -2.36. The molecule has 1 atom stereocenters. The highest BCUT2D eigenvalue weighted by atomic mass is 15.2. The van der Waals surface area contributed by atoms with E-state index in [2.05, 4.69) is 167 Å². The lowest BCUT2D eigenvalue weighted by molar-refractivity contribution is -0.401. The topological polar surface area (TPSA) is 6.25 Å². The van der Waals surface area contributed by atoms with Crippen LogP contribution in [0.4, 0.5) is 11.4 Å². The molecule has 4 aromatic rings. The van der Waals surface area contributed by atoms with Crippen molar-refractivity contribution in [3.8, 4) is 0 Å². The van der Waals surface area contributed by atoms with Crippen LogP contribution in [0.2, 0.25) is 0 Å². The zero-order valence-corrected chi connectivity index (χ0v) is 31.7. The number of fused-ring (bicyclic) bond motifs is 7. The largest absolute Gasteiger partial charge is 0.347 e. The molecule has 0 amide bonds. The van der Waals surface area contributed by atoms with Gasteiger partial charge in [-0.2, -0.15) is 4.58 Å². The molecule has 260 valence electrons. The molecule has 0 bridgehead atoms. The Morgan fingerprint density at radius 3 is 2.14 bits per heavy atom. The summed E-state index contributed by atoms with van der Waals surface area (Å²) in [5.41, 5.74) is 11.8. The van der Waals surface area contributed by atoms with E-state index in [1.165, 1.54) is 93.1 Å². The molecular weight excluding hydrogens is 617 g/mol. The van der Waals surface area contributed by atoms with Crippen LogP contribution in [0.25, 0.3) is 21.5 Å². The van der Waals surface area contributed by atoms with Gasteiger partial charge in [-0.1, -0.05) is 131 Å². The van der Waals surface area contributed by atoms with Gasteiger partial charge in [-0.05, 0) is 101 Å². The van der Waals surface area contributed by atoms with E-state index >= 15 is 0 Å². The van der Waals surface area contributed by atoms with Gasteiger partial charge in [0.15, 0.2) is 5.71 Å². The fraction of sp³-hybridized carbons (Fsp3) is 0.367. The SMILES string of the molecule is CCCC1(C)/C(=C\C=C\C2=CC(=C/C=C/C3=[N+](C)c4ccc5ccccc5c4C34CCCCC4)/CC(C)(C)C2)N(C)c2ccc3ccccc3c21. The van der Waals surface area contributed by atoms with Gasteiger partial charge < -0.3 is 4.90 Å². The van der Waals surface area contributed by atoms with E-state index in [4.69, 9.17) is 0 Å². The van der Waals surface area contributed by atoms with Crippen molar-refractivity contribution in [3.05, 3.63) is 143 Å². The molecule has 1 unspecified atom stereocenters. The molecule has 4 aromatic carbocycles. The molecule has 8 rings (SSSR count). The molecular formula is C49H55N2+. The second kappa shape index (κ2) is 13.0. The first-order valence-corrected chi connectivity index (χ1v) is 19.5. The van der Waals surface area contributed by atoms with Crippen LogP contribution in [0.1, 0.15) is 96.6 Å². The molecule has 1 fully saturated rings. The molecule has 0 saturated heterocycles. The lowest BCUT2D eigenvalue weighted by Gasteiger charge is -2.32. The van der Waals surface area contributed by atoms with Crippen LogP contribution in [0, 0.1) is 5.41 Å². The first-order chi connectivity index (χ1) is 24.6. The molecule has 0 radical (unpaired) electrons. The first-order valence-electron chi connectivity index (χ1n) is 19.5. The number of rotatable bonds is 6. The smallest absolute Gasteiger partial charge is 0.210 e. The van der Waals surface area contributed by atoms with Crippen molar-refractivity contribution < 1.29 is 4.58 Å². The molecule has 1 saturated carbocycles. The van der Waals surface area contributed by atoms with Crippen LogP contribution in [0.15, 0.2) is 132 Å². The predicted molar refractivity (Wildman–Crippen MR) is 220 cm³/mol. The zero-order chi connectivity index (χ0) is 35.4. The van der Waals surface area contributed by atoms with Gasteiger partial charge in [0.1, 0.15) is 7.05 Å². The summed E-state index contributed by atoms with van der Waals surface area (Å²) in [6.45, 7) is 9.62. The van der Waals surface area contributed by atoms with E-state index in [0.29, 0.717) is 0 Å². The molecule has 2 nitrogen and oxygen atoms in total. The van der Waals surface area contributed by atoms with E-state index in [1.54, 1.807) is 5.56 Å². The van der Waals surface area contributed by atoms with E-state index in [1.807, 2.05) is 0 Å². The highest BCUT2D eigenvalue weighted by molar-refractivity contribution is 6.08. The maximum atomic E-state index is 2.50. The molecule has 51 heavy (non-hydrogen) atoms. The maximum absolute atomic E-state index is 2.50. The summed E-state index contributed by atoms with van der Waals surface area (Å²) in [6.07, 6.45) is 27.6. The number of hydrogen-bond donors (Lipinski definition) is 0. The van der Waals surface area contributed by atoms with Crippen LogP contribution in [-0.4, -0.2) is 24.4 Å². The molecule has 4 aliphatic rings. The van der Waals surface area contributed by atoms with Crippen molar-refractivity contribution >= 4 is 38.6 Å². The van der Waals surface area contributed by atoms with E-state index in [0.717, 1.165) is 25.7 Å². The van der Waals surface area contributed by atoms with Gasteiger partial charge in [0.2, 0.25) is 5.69 Å². The third kappa shape index (κ3) is 5.67. The Morgan fingerprint density at radius 1 is 0.745 bits per heavy atom. The van der Waals surface area contributed by atoms with Crippen molar-refractivity contribution in [3.63, 3.8) is 0 Å². The van der Waals surface area contributed by atoms with E-state index < -0.39 is 0 Å². The maximum Gasteiger partial charge on any atom is 0.210 e. The Labute approximate surface area is 306 Å². The highest BCUT2D eigenvalue weighted by Crippen LogP contribution is 2.53. The van der Waals surface area contributed by atoms with Gasteiger partial charge in [-0.15, -0.1) is 0 Å². The minimum Gasteiger partial charge on any atom is -0.347 e. The second-order valence-electron chi connectivity index (χ2n) is 16.8. The van der Waals surface area contributed by atoms with Crippen LogP contribution in [-0.2, 0) is 10.8 Å². The second-order valence-corrected chi connectivity index (χ2v) is 16.8. The Hall–Kier alpha value is -4.43. The number of benzene rings is 4. The molecule has 2 heterocycles. The first kappa shape index (κ1) is 33.7. The number of likely N-dealkylation sites (N-methyl/N-ethyl adjacent to an activating group) is 1. The zero-order valence-electron chi connectivity index (χ0n) is 31.7. The summed E-state index contributed by atoms with van der Waals surface area (Å²) in [4.78, 5) is 2.44. The van der Waals surface area contributed by atoms with Crippen LogP contribution in [0.3, 0.4) is 0 Å². The van der Waals surface area contributed by atoms with Crippen LogP contribution < -0.4 is 4.90 Å². The summed E-state index contributed by atoms with van der Waals surface area (Å²) in [5.74, 6) is 0. The summed E-state index contributed by atoms with van der Waals surface area (Å²) < 4.78 is 2.50. The fourth-order valence-corrected chi connectivity index (χ4v) is 10.6. The highest BCUT2D eigenvalue weighted by Gasteiger charge is 2.51. The fourth-order valence-electron chi connectivity index (χ4n) is 10.6. The van der Waals surface area contributed by atoms with Crippen LogP contribution >= 0.6 is 0 Å². The van der Waals surface area contributed by atoms with Crippen molar-refractivity contribution in [1.29, 1.82) is 0 Å². The summed E-state index contributed by atoms with van der Waals surface area (Å²) in [5, 5.41) is 5.51. The minimum atomic E-state index is -0.0210. The van der Waals surface area contributed by atoms with Crippen molar-refractivity contribution in [2.45, 2.75) is 96.3 Å². The molecule has 0 aromatic heterocycles. The average Bonchev–Trinajstić information content (AvgIpc) is 3.48. The van der Waals surface area contributed by atoms with Crippen molar-refractivity contribution in [2.75, 3.05) is 19.0 Å². The van der Waals surface area contributed by atoms with Crippen LogP contribution in [0.5, 0.6) is 0 Å². The summed E-state index contributed by atoms with van der Waals surface area (Å²) in [7, 11) is 4.54. The number of anilines is 1. The average molecular weight is 672 g/mol. The number of allylic oxidation sites excluding steroid dienone is 10. The van der Waals surface area contributed by atoms with Gasteiger partial charge >= 0.3 is 0 Å². The van der Waals surface area contributed by atoms with Gasteiger partial charge in [0, 0.05) is 41.6 Å². The third-order valence-corrected chi connectivity index (χ3v) is 12.7. The van der Waals surface area contributed by atoms with Gasteiger partial charge in [0.25, 0.3) is 0 Å². The summed E-state index contributed by atoms with van der Waals surface area (Å²) in [6, 6.07) is 27.2. The predicted octanol–water partition coefficient (Wildman–Crippen LogP) is 12.8. The monoisotopic (exact) mass is 671 g/mol. The standard InChI is InChI=1S/C49H55N2/c1-7-29-48(4)43(50(5)41-27-25-37-19-9-11-21-39(37)45(41)48)23-15-17-35-32-36(34-47(2,3)33-35)18-16-24-44-49(30-13-8-14-31-49)46-40-22-12-10-20-38(40)26-28-42(46)51(44)6/h9-12,15-28,32H,7-8,13-14,29-31,33-34H2,1-6H3/q+1. The van der Waals surface area contributed by atoms with Crippen molar-refractivity contribution in [2.24, 2.45) is 5.41 Å². The molecule has 0 N–H and O–H groups in total. The quantitative estimate of drug-likeness (QED) is 0.185. The Balaban J connectivity index is 1.10. The molecule has 2 heteroatoms. The molecule has 2 aliphatic carbocycles. The Kier molecular flexibility index (Phi) is 8.56. The minimum absolute atomic E-state index is 0.0210. The van der Waals surface area contributed by atoms with Crippen molar-refractivity contribution in [1.82, 2.24) is 0 Å². The van der Waals surface area contributed by atoms with Gasteiger partial charge in [-0.3, -0.25) is 0 Å². The summed E-state index contributed by atoms with van der Waals surface area (Å²) >= 11 is 0. The molecule has 1 spiro atoms. The van der Waals surface area contributed by atoms with E-state index in [-0.39, 0.29) is 16.2 Å². The van der Waals surface area contributed by atoms with E-state index in [9.17, 15) is 0 Å². The number of nitrogens with zero attached hydrogens (tertiary/aromatic N) is 2. The third-order valence-electron chi connectivity index (χ3n) is 12.7. The Morgan fingerprint density at radius 2 is 1.41 bits per heavy atom. The van der Waals surface area contributed by atoms with Gasteiger partial charge in [0.05, 0.1) is 5.41 Å². The van der Waals surface area contributed by atoms with Gasteiger partial charge in [-0.25, -0.2) is 0 Å². The Bertz CT molecular complexity index is 2210. The normalized spacial score (nSPS) is 24.2. The number of hydrogen-bond acceptors (Lipinski definition) is 1. The lowest BCUT2D eigenvalue weighted by atomic mass is 9.66. The molecule has 2 aliphatic heterocycles.